The Morgan fingerprint density at radius 1 is 1.22 bits per heavy atom. The predicted octanol–water partition coefficient (Wildman–Crippen LogP) is 2.35. The Balaban J connectivity index is 2.64. The van der Waals surface area contributed by atoms with Crippen molar-refractivity contribution in [3.8, 4) is 17.3 Å². The molecule has 0 fully saturated rings. The minimum atomic E-state index is -0.543. The summed E-state index contributed by atoms with van der Waals surface area (Å²) in [6, 6.07) is 6.09. The lowest BCUT2D eigenvalue weighted by Gasteiger charge is -2.09. The van der Waals surface area contributed by atoms with Gasteiger partial charge in [-0.25, -0.2) is 4.39 Å². The average molecular weight is 242 g/mol. The summed E-state index contributed by atoms with van der Waals surface area (Å²) in [6.45, 7) is 3.71. The molecule has 1 aromatic heterocycles. The quantitative estimate of drug-likeness (QED) is 0.832. The Bertz CT molecular complexity index is 659. The third kappa shape index (κ3) is 1.89. The Morgan fingerprint density at radius 3 is 2.61 bits per heavy atom. The van der Waals surface area contributed by atoms with Gasteiger partial charge in [0.25, 0.3) is 0 Å². The van der Waals surface area contributed by atoms with E-state index in [1.165, 1.54) is 12.1 Å². The van der Waals surface area contributed by atoms with Crippen molar-refractivity contribution in [2.75, 3.05) is 5.73 Å². The summed E-state index contributed by atoms with van der Waals surface area (Å²) in [5, 5.41) is 16.7. The molecule has 0 aliphatic rings. The molecule has 2 N–H and O–H groups in total. The molecule has 0 aliphatic heterocycles. The zero-order chi connectivity index (χ0) is 13.3. The summed E-state index contributed by atoms with van der Waals surface area (Å²) >= 11 is 0. The highest BCUT2D eigenvalue weighted by atomic mass is 19.1. The zero-order valence-electron chi connectivity index (χ0n) is 10.0. The molecule has 0 amide bonds. The Morgan fingerprint density at radius 2 is 1.94 bits per heavy atom. The molecule has 0 spiro atoms. The van der Waals surface area contributed by atoms with Crippen LogP contribution in [-0.2, 0) is 0 Å². The molecule has 4 nitrogen and oxygen atoms in total. The summed E-state index contributed by atoms with van der Waals surface area (Å²) in [5.74, 6) is -0.169. The third-order valence-electron chi connectivity index (χ3n) is 2.92. The van der Waals surface area contributed by atoms with Crippen LogP contribution in [0.25, 0.3) is 11.3 Å². The standard InChI is InChI=1S/C13H11FN4/c1-7-8(2)13(16)18-17-12(7)9-3-4-11(14)10(5-9)6-15/h3-5H,1-2H3,(H2,16,18). The van der Waals surface area contributed by atoms with Gasteiger partial charge in [-0.2, -0.15) is 5.26 Å². The number of nitrogens with two attached hydrogens (primary N) is 1. The van der Waals surface area contributed by atoms with Crippen LogP contribution in [0.4, 0.5) is 10.2 Å². The molecule has 2 aromatic rings. The topological polar surface area (TPSA) is 75.6 Å². The molecule has 0 atom stereocenters. The van der Waals surface area contributed by atoms with Gasteiger partial charge in [0.1, 0.15) is 17.7 Å². The largest absolute Gasteiger partial charge is 0.382 e. The first-order chi connectivity index (χ1) is 8.54. The van der Waals surface area contributed by atoms with Crippen LogP contribution in [0.3, 0.4) is 0 Å². The van der Waals surface area contributed by atoms with Crippen LogP contribution in [0.5, 0.6) is 0 Å². The van der Waals surface area contributed by atoms with Crippen LogP contribution in [0.15, 0.2) is 18.2 Å². The molecule has 2 rings (SSSR count). The van der Waals surface area contributed by atoms with E-state index in [4.69, 9.17) is 11.0 Å². The number of hydrogen-bond acceptors (Lipinski definition) is 4. The molecular formula is C13H11FN4. The first-order valence-corrected chi connectivity index (χ1v) is 5.34. The Labute approximate surface area is 104 Å². The number of benzene rings is 1. The van der Waals surface area contributed by atoms with Gasteiger partial charge in [-0.1, -0.05) is 0 Å². The summed E-state index contributed by atoms with van der Waals surface area (Å²) in [4.78, 5) is 0. The van der Waals surface area contributed by atoms with Gasteiger partial charge in [-0.15, -0.1) is 10.2 Å². The molecule has 1 heterocycles. The first-order valence-electron chi connectivity index (χ1n) is 5.34. The number of aromatic nitrogens is 2. The monoisotopic (exact) mass is 242 g/mol. The highest BCUT2D eigenvalue weighted by Crippen LogP contribution is 2.26. The van der Waals surface area contributed by atoms with Crippen molar-refractivity contribution in [3.05, 3.63) is 40.7 Å². The molecule has 0 unspecified atom stereocenters. The molecular weight excluding hydrogens is 231 g/mol. The number of nitrogens with zero attached hydrogens (tertiary/aromatic N) is 3. The number of rotatable bonds is 1. The molecule has 0 radical (unpaired) electrons. The van der Waals surface area contributed by atoms with E-state index in [0.29, 0.717) is 17.1 Å². The van der Waals surface area contributed by atoms with Gasteiger partial charge in [-0.3, -0.25) is 0 Å². The van der Waals surface area contributed by atoms with E-state index in [1.54, 1.807) is 12.1 Å². The average Bonchev–Trinajstić information content (AvgIpc) is 2.37. The van der Waals surface area contributed by atoms with Crippen molar-refractivity contribution in [3.63, 3.8) is 0 Å². The van der Waals surface area contributed by atoms with Crippen molar-refractivity contribution in [1.82, 2.24) is 10.2 Å². The molecule has 0 saturated heterocycles. The van der Waals surface area contributed by atoms with Gasteiger partial charge < -0.3 is 5.73 Å². The van der Waals surface area contributed by atoms with Gasteiger partial charge >= 0.3 is 0 Å². The minimum absolute atomic E-state index is 0.0109. The van der Waals surface area contributed by atoms with Gasteiger partial charge in [0.2, 0.25) is 0 Å². The van der Waals surface area contributed by atoms with Crippen molar-refractivity contribution >= 4 is 5.82 Å². The maximum Gasteiger partial charge on any atom is 0.149 e. The van der Waals surface area contributed by atoms with Crippen LogP contribution >= 0.6 is 0 Å². The van der Waals surface area contributed by atoms with Crippen LogP contribution < -0.4 is 5.73 Å². The summed E-state index contributed by atoms with van der Waals surface area (Å²) in [5.41, 5.74) is 8.62. The first kappa shape index (κ1) is 12.0. The van der Waals surface area contributed by atoms with E-state index in [2.05, 4.69) is 10.2 Å². The fourth-order valence-electron chi connectivity index (χ4n) is 1.66. The highest BCUT2D eigenvalue weighted by Gasteiger charge is 2.11. The maximum atomic E-state index is 13.3. The molecule has 18 heavy (non-hydrogen) atoms. The second kappa shape index (κ2) is 4.41. The van der Waals surface area contributed by atoms with E-state index in [9.17, 15) is 4.39 Å². The van der Waals surface area contributed by atoms with Crippen molar-refractivity contribution in [1.29, 1.82) is 5.26 Å². The number of nitriles is 1. The summed E-state index contributed by atoms with van der Waals surface area (Å²) in [7, 11) is 0. The van der Waals surface area contributed by atoms with E-state index >= 15 is 0 Å². The fourth-order valence-corrected chi connectivity index (χ4v) is 1.66. The van der Waals surface area contributed by atoms with Gasteiger partial charge in [0.05, 0.1) is 11.3 Å². The fraction of sp³-hybridized carbons (Fsp3) is 0.154. The Kier molecular flexibility index (Phi) is 2.94. The summed E-state index contributed by atoms with van der Waals surface area (Å²) < 4.78 is 13.3. The van der Waals surface area contributed by atoms with Crippen LogP contribution in [-0.4, -0.2) is 10.2 Å². The molecule has 0 aliphatic carbocycles. The van der Waals surface area contributed by atoms with Crippen LogP contribution in [0.1, 0.15) is 16.7 Å². The summed E-state index contributed by atoms with van der Waals surface area (Å²) in [6.07, 6.45) is 0. The minimum Gasteiger partial charge on any atom is -0.382 e. The second-order valence-corrected chi connectivity index (χ2v) is 3.99. The lowest BCUT2D eigenvalue weighted by atomic mass is 10.0. The van der Waals surface area contributed by atoms with Crippen molar-refractivity contribution in [2.45, 2.75) is 13.8 Å². The molecule has 90 valence electrons. The number of hydrogen-bond donors (Lipinski definition) is 1. The Hall–Kier alpha value is -2.48. The third-order valence-corrected chi connectivity index (χ3v) is 2.92. The SMILES string of the molecule is Cc1c(N)nnc(-c2ccc(F)c(C#N)c2)c1C. The van der Waals surface area contributed by atoms with E-state index in [1.807, 2.05) is 13.8 Å². The van der Waals surface area contributed by atoms with Crippen molar-refractivity contribution in [2.24, 2.45) is 0 Å². The molecule has 0 bridgehead atoms. The van der Waals surface area contributed by atoms with Crippen LogP contribution in [0, 0.1) is 31.0 Å². The number of nitrogen functional groups attached to an aromatic ring is 1. The van der Waals surface area contributed by atoms with Crippen molar-refractivity contribution < 1.29 is 4.39 Å². The normalized spacial score (nSPS) is 10.1. The highest BCUT2D eigenvalue weighted by molar-refractivity contribution is 5.67. The smallest absolute Gasteiger partial charge is 0.149 e. The molecule has 5 heteroatoms. The molecule has 1 aromatic carbocycles. The second-order valence-electron chi connectivity index (χ2n) is 3.99. The van der Waals surface area contributed by atoms with Gasteiger partial charge in [-0.05, 0) is 43.2 Å². The van der Waals surface area contributed by atoms with Gasteiger partial charge in [0, 0.05) is 5.56 Å². The van der Waals surface area contributed by atoms with E-state index < -0.39 is 5.82 Å². The number of halogens is 1. The van der Waals surface area contributed by atoms with E-state index in [-0.39, 0.29) is 5.56 Å². The zero-order valence-corrected chi connectivity index (χ0v) is 10.0. The maximum absolute atomic E-state index is 13.3. The van der Waals surface area contributed by atoms with Crippen LogP contribution in [0.2, 0.25) is 0 Å². The molecule has 0 saturated carbocycles. The van der Waals surface area contributed by atoms with Gasteiger partial charge in [0.15, 0.2) is 0 Å². The predicted molar refractivity (Wildman–Crippen MR) is 66.0 cm³/mol. The lowest BCUT2D eigenvalue weighted by molar-refractivity contribution is 0.624. The lowest BCUT2D eigenvalue weighted by Crippen LogP contribution is -2.02. The van der Waals surface area contributed by atoms with E-state index in [0.717, 1.165) is 11.1 Å². The number of anilines is 1.